The van der Waals surface area contributed by atoms with Gasteiger partial charge in [-0.25, -0.2) is 0 Å². The quantitative estimate of drug-likeness (QED) is 0.610. The first-order valence-electron chi connectivity index (χ1n) is 6.93. The highest BCUT2D eigenvalue weighted by Crippen LogP contribution is 2.29. The van der Waals surface area contributed by atoms with Crippen molar-refractivity contribution in [2.45, 2.75) is 37.6 Å². The lowest BCUT2D eigenvalue weighted by Crippen LogP contribution is -2.49. The molecule has 1 aromatic rings. The zero-order valence-electron chi connectivity index (χ0n) is 11.1. The van der Waals surface area contributed by atoms with Crippen molar-refractivity contribution < 1.29 is 4.74 Å². The summed E-state index contributed by atoms with van der Waals surface area (Å²) in [7, 11) is 0. The van der Waals surface area contributed by atoms with E-state index in [2.05, 4.69) is 21.2 Å². The summed E-state index contributed by atoms with van der Waals surface area (Å²) in [6.07, 6.45) is 6.29. The first-order chi connectivity index (χ1) is 9.24. The Balaban J connectivity index is 1.73. The van der Waals surface area contributed by atoms with Gasteiger partial charge < -0.3 is 10.1 Å². The van der Waals surface area contributed by atoms with E-state index in [0.29, 0.717) is 12.5 Å². The summed E-state index contributed by atoms with van der Waals surface area (Å²) < 4.78 is 6.78. The number of hydrogen-bond donors (Lipinski definition) is 1. The Kier molecular flexibility index (Phi) is 5.99. The van der Waals surface area contributed by atoms with Gasteiger partial charge in [0.1, 0.15) is 12.4 Å². The zero-order valence-corrected chi connectivity index (χ0v) is 13.5. The number of rotatable bonds is 6. The van der Waals surface area contributed by atoms with Gasteiger partial charge in [-0.15, -0.1) is 11.6 Å². The Morgan fingerprint density at radius 2 is 2.05 bits per heavy atom. The molecule has 106 valence electrons. The van der Waals surface area contributed by atoms with Crippen LogP contribution >= 0.6 is 27.5 Å². The molecule has 0 aliphatic heterocycles. The smallest absolute Gasteiger partial charge is 0.120 e. The van der Waals surface area contributed by atoms with E-state index < -0.39 is 0 Å². The van der Waals surface area contributed by atoms with E-state index in [1.807, 2.05) is 24.3 Å². The van der Waals surface area contributed by atoms with Gasteiger partial charge in [-0.2, -0.15) is 0 Å². The highest BCUT2D eigenvalue weighted by molar-refractivity contribution is 9.10. The summed E-state index contributed by atoms with van der Waals surface area (Å²) in [5.74, 6) is 1.60. The molecule has 1 N–H and O–H groups in total. The molecule has 0 heterocycles. The third-order valence-electron chi connectivity index (χ3n) is 3.73. The molecule has 0 saturated heterocycles. The molecule has 1 fully saturated rings. The minimum Gasteiger partial charge on any atom is -0.492 e. The van der Waals surface area contributed by atoms with Crippen LogP contribution in [0.4, 0.5) is 0 Å². The van der Waals surface area contributed by atoms with Gasteiger partial charge in [0.2, 0.25) is 0 Å². The molecule has 0 amide bonds. The van der Waals surface area contributed by atoms with E-state index >= 15 is 0 Å². The van der Waals surface area contributed by atoms with E-state index in [9.17, 15) is 0 Å². The highest BCUT2D eigenvalue weighted by Gasteiger charge is 2.30. The van der Waals surface area contributed by atoms with Gasteiger partial charge in [0.25, 0.3) is 0 Å². The van der Waals surface area contributed by atoms with Crippen molar-refractivity contribution in [2.24, 2.45) is 0 Å². The van der Waals surface area contributed by atoms with Crippen molar-refractivity contribution >= 4 is 27.5 Å². The molecule has 0 bridgehead atoms. The third kappa shape index (κ3) is 4.66. The van der Waals surface area contributed by atoms with Crippen molar-refractivity contribution in [2.75, 3.05) is 19.0 Å². The van der Waals surface area contributed by atoms with Crippen LogP contribution in [0.3, 0.4) is 0 Å². The lowest BCUT2D eigenvalue weighted by molar-refractivity contribution is 0.230. The first kappa shape index (κ1) is 15.1. The van der Waals surface area contributed by atoms with Crippen LogP contribution < -0.4 is 10.1 Å². The zero-order chi connectivity index (χ0) is 13.6. The van der Waals surface area contributed by atoms with Crippen LogP contribution in [0, 0.1) is 0 Å². The summed E-state index contributed by atoms with van der Waals surface area (Å²) >= 11 is 9.58. The summed E-state index contributed by atoms with van der Waals surface area (Å²) in [6.45, 7) is 1.52. The molecule has 4 heteroatoms. The number of nitrogens with one attached hydrogen (secondary N) is 1. The summed E-state index contributed by atoms with van der Waals surface area (Å²) in [4.78, 5) is 0. The lowest BCUT2D eigenvalue weighted by atomic mass is 9.83. The SMILES string of the molecule is ClCC1(NCCOc2cccc(Br)c2)CCCCC1. The Labute approximate surface area is 129 Å². The molecule has 1 aliphatic rings. The molecule has 0 atom stereocenters. The standard InChI is InChI=1S/C15H21BrClNO/c16-13-5-4-6-14(11-13)19-10-9-18-15(12-17)7-2-1-3-8-15/h4-6,11,18H,1-3,7-10,12H2. The van der Waals surface area contributed by atoms with Crippen LogP contribution in [-0.2, 0) is 0 Å². The third-order valence-corrected chi connectivity index (χ3v) is 4.74. The lowest BCUT2D eigenvalue weighted by Gasteiger charge is -2.36. The summed E-state index contributed by atoms with van der Waals surface area (Å²) in [5, 5.41) is 3.60. The van der Waals surface area contributed by atoms with Crippen LogP contribution in [0.2, 0.25) is 0 Å². The fraction of sp³-hybridized carbons (Fsp3) is 0.600. The van der Waals surface area contributed by atoms with Gasteiger partial charge in [-0.3, -0.25) is 0 Å². The largest absolute Gasteiger partial charge is 0.492 e. The van der Waals surface area contributed by atoms with Crippen molar-refractivity contribution in [3.05, 3.63) is 28.7 Å². The molecule has 1 aromatic carbocycles. The molecule has 1 aliphatic carbocycles. The second-order valence-electron chi connectivity index (χ2n) is 5.21. The van der Waals surface area contributed by atoms with Crippen molar-refractivity contribution in [1.29, 1.82) is 0 Å². The van der Waals surface area contributed by atoms with Gasteiger partial charge >= 0.3 is 0 Å². The number of halogens is 2. The molecule has 0 aromatic heterocycles. The maximum atomic E-state index is 6.14. The number of alkyl halides is 1. The molecule has 2 nitrogen and oxygen atoms in total. The second kappa shape index (κ2) is 7.51. The molecule has 0 radical (unpaired) electrons. The van der Waals surface area contributed by atoms with Crippen molar-refractivity contribution in [3.8, 4) is 5.75 Å². The molecular formula is C15H21BrClNO. The van der Waals surface area contributed by atoms with E-state index in [-0.39, 0.29) is 5.54 Å². The minimum atomic E-state index is 0.139. The van der Waals surface area contributed by atoms with E-state index in [4.69, 9.17) is 16.3 Å². The molecular weight excluding hydrogens is 326 g/mol. The van der Waals surface area contributed by atoms with E-state index in [1.54, 1.807) is 0 Å². The highest BCUT2D eigenvalue weighted by atomic mass is 79.9. The van der Waals surface area contributed by atoms with Crippen LogP contribution in [-0.4, -0.2) is 24.6 Å². The van der Waals surface area contributed by atoms with Crippen LogP contribution in [0.5, 0.6) is 5.75 Å². The maximum absolute atomic E-state index is 6.14. The van der Waals surface area contributed by atoms with E-state index in [1.165, 1.54) is 32.1 Å². The Morgan fingerprint density at radius 3 is 2.74 bits per heavy atom. The molecule has 1 saturated carbocycles. The van der Waals surface area contributed by atoms with Crippen LogP contribution in [0.1, 0.15) is 32.1 Å². The Morgan fingerprint density at radius 1 is 1.26 bits per heavy atom. The van der Waals surface area contributed by atoms with Gasteiger partial charge in [0, 0.05) is 22.4 Å². The van der Waals surface area contributed by atoms with Crippen LogP contribution in [0.15, 0.2) is 28.7 Å². The number of ether oxygens (including phenoxy) is 1. The molecule has 0 spiro atoms. The first-order valence-corrected chi connectivity index (χ1v) is 8.26. The second-order valence-corrected chi connectivity index (χ2v) is 6.39. The number of benzene rings is 1. The molecule has 0 unspecified atom stereocenters. The van der Waals surface area contributed by atoms with Crippen LogP contribution in [0.25, 0.3) is 0 Å². The van der Waals surface area contributed by atoms with Gasteiger partial charge in [-0.05, 0) is 31.0 Å². The minimum absolute atomic E-state index is 0.139. The number of hydrogen-bond acceptors (Lipinski definition) is 2. The topological polar surface area (TPSA) is 21.3 Å². The molecule has 19 heavy (non-hydrogen) atoms. The maximum Gasteiger partial charge on any atom is 0.120 e. The monoisotopic (exact) mass is 345 g/mol. The average molecular weight is 347 g/mol. The Bertz CT molecular complexity index is 393. The predicted octanol–water partition coefficient (Wildman–Crippen LogP) is 4.36. The predicted molar refractivity (Wildman–Crippen MR) is 84.2 cm³/mol. The summed E-state index contributed by atoms with van der Waals surface area (Å²) in [5.41, 5.74) is 0.139. The Hall–Kier alpha value is -0.250. The fourth-order valence-corrected chi connectivity index (χ4v) is 3.37. The van der Waals surface area contributed by atoms with Gasteiger partial charge in [-0.1, -0.05) is 41.3 Å². The van der Waals surface area contributed by atoms with Crippen molar-refractivity contribution in [3.63, 3.8) is 0 Å². The van der Waals surface area contributed by atoms with E-state index in [0.717, 1.165) is 16.8 Å². The van der Waals surface area contributed by atoms with Gasteiger partial charge in [0.05, 0.1) is 0 Å². The molecule has 2 rings (SSSR count). The fourth-order valence-electron chi connectivity index (χ4n) is 2.63. The normalized spacial score (nSPS) is 18.2. The van der Waals surface area contributed by atoms with Gasteiger partial charge in [0.15, 0.2) is 0 Å². The summed E-state index contributed by atoms with van der Waals surface area (Å²) in [6, 6.07) is 7.93. The average Bonchev–Trinajstić information content (AvgIpc) is 2.45. The van der Waals surface area contributed by atoms with Crippen molar-refractivity contribution in [1.82, 2.24) is 5.32 Å².